The highest BCUT2D eigenvalue weighted by atomic mass is 32.1. The summed E-state index contributed by atoms with van der Waals surface area (Å²) in [6, 6.07) is 13.2. The molecule has 28 heavy (non-hydrogen) atoms. The molecule has 1 aliphatic rings. The van der Waals surface area contributed by atoms with E-state index in [-0.39, 0.29) is 12.1 Å². The first kappa shape index (κ1) is 18.4. The third-order valence-corrected chi connectivity index (χ3v) is 5.41. The van der Waals surface area contributed by atoms with E-state index in [1.54, 1.807) is 22.5 Å². The second kappa shape index (κ2) is 8.39. The van der Waals surface area contributed by atoms with Gasteiger partial charge in [-0.1, -0.05) is 12.1 Å². The summed E-state index contributed by atoms with van der Waals surface area (Å²) in [6.45, 7) is 3.99. The van der Waals surface area contributed by atoms with Crippen molar-refractivity contribution in [3.8, 4) is 11.5 Å². The van der Waals surface area contributed by atoms with Crippen molar-refractivity contribution in [2.45, 2.75) is 26.1 Å². The van der Waals surface area contributed by atoms with Crippen LogP contribution < -0.4 is 14.8 Å². The minimum Gasteiger partial charge on any atom is -0.486 e. The van der Waals surface area contributed by atoms with Gasteiger partial charge in [0.1, 0.15) is 19.0 Å². The van der Waals surface area contributed by atoms with E-state index in [9.17, 15) is 4.79 Å². The normalized spacial score (nSPS) is 13.8. The molecule has 6 nitrogen and oxygen atoms in total. The SMILES string of the molecule is C[C@H](NC(=O)N(Cc1ccco1)Cc1cccs1)c1ccc2c(c1)OCCO2. The van der Waals surface area contributed by atoms with Crippen LogP contribution in [0, 0.1) is 0 Å². The Bertz CT molecular complexity index is 872. The van der Waals surface area contributed by atoms with E-state index in [1.165, 1.54) is 0 Å². The Hall–Kier alpha value is -2.93. The van der Waals surface area contributed by atoms with Gasteiger partial charge in [-0.2, -0.15) is 0 Å². The number of carbonyl (C=O) groups is 1. The van der Waals surface area contributed by atoms with Crippen LogP contribution in [0.15, 0.2) is 58.5 Å². The number of thiophene rings is 1. The summed E-state index contributed by atoms with van der Waals surface area (Å²) in [5.74, 6) is 2.21. The first-order valence-corrected chi connectivity index (χ1v) is 10.1. The van der Waals surface area contributed by atoms with Gasteiger partial charge >= 0.3 is 6.03 Å². The lowest BCUT2D eigenvalue weighted by Gasteiger charge is -2.25. The fourth-order valence-corrected chi connectivity index (χ4v) is 3.79. The Labute approximate surface area is 167 Å². The zero-order valence-corrected chi connectivity index (χ0v) is 16.4. The van der Waals surface area contributed by atoms with Crippen molar-refractivity contribution < 1.29 is 18.7 Å². The van der Waals surface area contributed by atoms with Gasteiger partial charge in [0, 0.05) is 4.88 Å². The second-order valence-electron chi connectivity index (χ2n) is 6.59. The highest BCUT2D eigenvalue weighted by Gasteiger charge is 2.20. The van der Waals surface area contributed by atoms with Crippen LogP contribution in [0.5, 0.6) is 11.5 Å². The number of nitrogens with zero attached hydrogens (tertiary/aromatic N) is 1. The summed E-state index contributed by atoms with van der Waals surface area (Å²) >= 11 is 1.63. The number of hydrogen-bond acceptors (Lipinski definition) is 5. The molecule has 146 valence electrons. The van der Waals surface area contributed by atoms with Crippen molar-refractivity contribution in [1.29, 1.82) is 0 Å². The maximum absolute atomic E-state index is 13.0. The van der Waals surface area contributed by atoms with E-state index in [2.05, 4.69) is 5.32 Å². The van der Waals surface area contributed by atoms with Gasteiger partial charge in [0.15, 0.2) is 11.5 Å². The Kier molecular flexibility index (Phi) is 5.53. The molecule has 2 aromatic heterocycles. The maximum atomic E-state index is 13.0. The Morgan fingerprint density at radius 1 is 1.14 bits per heavy atom. The van der Waals surface area contributed by atoms with Crippen LogP contribution in [0.25, 0.3) is 0 Å². The van der Waals surface area contributed by atoms with Gasteiger partial charge in [-0.15, -0.1) is 11.3 Å². The number of fused-ring (bicyclic) bond motifs is 1. The van der Waals surface area contributed by atoms with Crippen LogP contribution in [0.1, 0.15) is 29.2 Å². The second-order valence-corrected chi connectivity index (χ2v) is 7.62. The van der Waals surface area contributed by atoms with Crippen molar-refractivity contribution in [3.63, 3.8) is 0 Å². The standard InChI is InChI=1S/C21H22N2O4S/c1-15(16-6-7-19-20(12-16)27-10-9-26-19)22-21(24)23(13-17-4-2-8-25-17)14-18-5-3-11-28-18/h2-8,11-12,15H,9-10,13-14H2,1H3,(H,22,24)/t15-/m0/s1. The van der Waals surface area contributed by atoms with Gasteiger partial charge in [-0.25, -0.2) is 4.79 Å². The molecule has 1 atom stereocenters. The Morgan fingerprint density at radius 3 is 2.75 bits per heavy atom. The fourth-order valence-electron chi connectivity index (χ4n) is 3.07. The molecule has 4 rings (SSSR count). The molecule has 0 aliphatic carbocycles. The highest BCUT2D eigenvalue weighted by Crippen LogP contribution is 2.32. The minimum atomic E-state index is -0.175. The number of benzene rings is 1. The maximum Gasteiger partial charge on any atom is 0.318 e. The molecule has 0 saturated heterocycles. The largest absolute Gasteiger partial charge is 0.486 e. The van der Waals surface area contributed by atoms with Gasteiger partial charge in [0.05, 0.1) is 25.4 Å². The lowest BCUT2D eigenvalue weighted by Crippen LogP contribution is -2.40. The number of amides is 2. The Balaban J connectivity index is 1.46. The van der Waals surface area contributed by atoms with Gasteiger partial charge in [0.2, 0.25) is 0 Å². The monoisotopic (exact) mass is 398 g/mol. The molecule has 1 aliphatic heterocycles. The highest BCUT2D eigenvalue weighted by molar-refractivity contribution is 7.09. The van der Waals surface area contributed by atoms with E-state index in [0.717, 1.165) is 27.7 Å². The number of rotatable bonds is 6. The number of nitrogens with one attached hydrogen (secondary N) is 1. The Morgan fingerprint density at radius 2 is 2.00 bits per heavy atom. The van der Waals surface area contributed by atoms with Crippen LogP contribution in [-0.2, 0) is 13.1 Å². The van der Waals surface area contributed by atoms with Gasteiger partial charge < -0.3 is 24.1 Å². The van der Waals surface area contributed by atoms with E-state index in [0.29, 0.717) is 26.3 Å². The predicted molar refractivity (Wildman–Crippen MR) is 107 cm³/mol. The van der Waals surface area contributed by atoms with E-state index in [4.69, 9.17) is 13.9 Å². The number of carbonyl (C=O) groups excluding carboxylic acids is 1. The zero-order chi connectivity index (χ0) is 19.3. The molecule has 0 fully saturated rings. The van der Waals surface area contributed by atoms with Crippen LogP contribution in [0.2, 0.25) is 0 Å². The summed E-state index contributed by atoms with van der Waals surface area (Å²) in [4.78, 5) is 15.9. The number of hydrogen-bond donors (Lipinski definition) is 1. The first-order valence-electron chi connectivity index (χ1n) is 9.19. The van der Waals surface area contributed by atoms with Crippen molar-refractivity contribution in [3.05, 3.63) is 70.3 Å². The third-order valence-electron chi connectivity index (χ3n) is 4.55. The predicted octanol–water partition coefficient (Wildman–Crippen LogP) is 4.59. The molecule has 2 amide bonds. The molecule has 3 aromatic rings. The van der Waals surface area contributed by atoms with Crippen LogP contribution in [0.3, 0.4) is 0 Å². The molecule has 3 heterocycles. The topological polar surface area (TPSA) is 63.9 Å². The lowest BCUT2D eigenvalue weighted by molar-refractivity contribution is 0.171. The lowest BCUT2D eigenvalue weighted by atomic mass is 10.1. The number of ether oxygens (including phenoxy) is 2. The first-order chi connectivity index (χ1) is 13.7. The summed E-state index contributed by atoms with van der Waals surface area (Å²) in [5.41, 5.74) is 0.965. The average Bonchev–Trinajstić information content (AvgIpc) is 3.41. The molecule has 7 heteroatoms. The number of urea groups is 1. The average molecular weight is 398 g/mol. The molecule has 0 unspecified atom stereocenters. The van der Waals surface area contributed by atoms with Crippen molar-refractivity contribution in [2.24, 2.45) is 0 Å². The fraction of sp³-hybridized carbons (Fsp3) is 0.286. The van der Waals surface area contributed by atoms with Crippen molar-refractivity contribution in [2.75, 3.05) is 13.2 Å². The summed E-state index contributed by atoms with van der Waals surface area (Å²) in [6.07, 6.45) is 1.62. The zero-order valence-electron chi connectivity index (χ0n) is 15.6. The van der Waals surface area contributed by atoms with Crippen LogP contribution in [0.4, 0.5) is 4.79 Å². The number of furan rings is 1. The molecule has 0 bridgehead atoms. The van der Waals surface area contributed by atoms with Crippen LogP contribution >= 0.6 is 11.3 Å². The van der Waals surface area contributed by atoms with E-state index >= 15 is 0 Å². The third kappa shape index (κ3) is 4.31. The molecule has 1 N–H and O–H groups in total. The van der Waals surface area contributed by atoms with Crippen molar-refractivity contribution >= 4 is 17.4 Å². The van der Waals surface area contributed by atoms with Crippen LogP contribution in [-0.4, -0.2) is 24.1 Å². The smallest absolute Gasteiger partial charge is 0.318 e. The van der Waals surface area contributed by atoms with Crippen molar-refractivity contribution in [1.82, 2.24) is 10.2 Å². The minimum absolute atomic E-state index is 0.146. The molecule has 0 spiro atoms. The van der Waals surface area contributed by atoms with Gasteiger partial charge in [-0.05, 0) is 48.2 Å². The summed E-state index contributed by atoms with van der Waals surface area (Å²) in [5, 5.41) is 5.09. The molecule has 0 saturated carbocycles. The van der Waals surface area contributed by atoms with E-state index in [1.807, 2.05) is 54.8 Å². The molecular formula is C21H22N2O4S. The molecule has 1 aromatic carbocycles. The van der Waals surface area contributed by atoms with Gasteiger partial charge in [-0.3, -0.25) is 0 Å². The summed E-state index contributed by atoms with van der Waals surface area (Å²) < 4.78 is 16.6. The van der Waals surface area contributed by atoms with Gasteiger partial charge in [0.25, 0.3) is 0 Å². The molecule has 0 radical (unpaired) electrons. The summed E-state index contributed by atoms with van der Waals surface area (Å²) in [7, 11) is 0. The molecular weight excluding hydrogens is 376 g/mol. The van der Waals surface area contributed by atoms with E-state index < -0.39 is 0 Å². The quantitative estimate of drug-likeness (QED) is 0.660.